The second-order valence-electron chi connectivity index (χ2n) is 6.60. The Morgan fingerprint density at radius 1 is 1.18 bits per heavy atom. The fourth-order valence-corrected chi connectivity index (χ4v) is 4.20. The summed E-state index contributed by atoms with van der Waals surface area (Å²) in [5, 5.41) is 12.3. The van der Waals surface area contributed by atoms with E-state index >= 15 is 0 Å². The maximum absolute atomic E-state index is 11.7. The molecule has 0 bridgehead atoms. The number of carboxylic acid groups (broad SMARTS) is 1. The zero-order chi connectivity index (χ0) is 20.4. The molecule has 0 saturated heterocycles. The molecule has 0 saturated carbocycles. The molecule has 2 aromatic carbocycles. The Kier molecular flexibility index (Phi) is 6.10. The van der Waals surface area contributed by atoms with Gasteiger partial charge >= 0.3 is 5.97 Å². The van der Waals surface area contributed by atoms with Crippen molar-refractivity contribution in [3.05, 3.63) is 51.0 Å². The highest BCUT2D eigenvalue weighted by Crippen LogP contribution is 2.40. The number of aromatic nitrogens is 1. The molecule has 0 fully saturated rings. The summed E-state index contributed by atoms with van der Waals surface area (Å²) in [5.41, 5.74) is 2.72. The topological polar surface area (TPSA) is 91.4 Å². The quantitative estimate of drug-likeness (QED) is 0.354. The van der Waals surface area contributed by atoms with Crippen molar-refractivity contribution >= 4 is 60.3 Å². The predicted molar refractivity (Wildman–Crippen MR) is 115 cm³/mol. The van der Waals surface area contributed by atoms with Gasteiger partial charge in [0.25, 0.3) is 0 Å². The van der Waals surface area contributed by atoms with Gasteiger partial charge in [0.05, 0.1) is 8.95 Å². The summed E-state index contributed by atoms with van der Waals surface area (Å²) < 4.78 is 7.30. The normalized spacial score (nSPS) is 11.0. The average molecular weight is 510 g/mol. The fourth-order valence-electron chi connectivity index (χ4n) is 2.85. The lowest BCUT2D eigenvalue weighted by molar-refractivity contribution is -0.139. The number of aromatic amines is 1. The first-order valence-corrected chi connectivity index (χ1v) is 10.1. The van der Waals surface area contributed by atoms with E-state index in [4.69, 9.17) is 9.84 Å². The number of carbonyl (C=O) groups excluding carboxylic acids is 1. The van der Waals surface area contributed by atoms with Crippen molar-refractivity contribution in [2.24, 2.45) is 0 Å². The minimum absolute atomic E-state index is 0.385. The van der Waals surface area contributed by atoms with Gasteiger partial charge in [-0.1, -0.05) is 13.8 Å². The zero-order valence-electron chi connectivity index (χ0n) is 15.2. The molecule has 1 heterocycles. The monoisotopic (exact) mass is 508 g/mol. The van der Waals surface area contributed by atoms with Crippen molar-refractivity contribution in [1.29, 1.82) is 0 Å². The second kappa shape index (κ2) is 8.36. The molecule has 0 aliphatic carbocycles. The number of anilines is 1. The lowest BCUT2D eigenvalue weighted by atomic mass is 10.0. The van der Waals surface area contributed by atoms with Crippen LogP contribution in [0.2, 0.25) is 0 Å². The molecule has 28 heavy (non-hydrogen) atoms. The molecule has 0 aliphatic heterocycles. The van der Waals surface area contributed by atoms with E-state index in [0.717, 1.165) is 10.9 Å². The molecule has 146 valence electrons. The zero-order valence-corrected chi connectivity index (χ0v) is 18.3. The largest absolute Gasteiger partial charge is 0.481 e. The maximum Gasteiger partial charge on any atom is 0.312 e. The van der Waals surface area contributed by atoms with Crippen LogP contribution in [0.4, 0.5) is 5.69 Å². The highest BCUT2D eigenvalue weighted by Gasteiger charge is 2.14. The number of ether oxygens (including phenoxy) is 1. The van der Waals surface area contributed by atoms with Crippen molar-refractivity contribution < 1.29 is 19.4 Å². The molecule has 6 nitrogen and oxygen atoms in total. The molecule has 3 rings (SSSR count). The van der Waals surface area contributed by atoms with Gasteiger partial charge in [-0.2, -0.15) is 0 Å². The van der Waals surface area contributed by atoms with Crippen molar-refractivity contribution in [1.82, 2.24) is 4.98 Å². The third-order valence-corrected chi connectivity index (χ3v) is 5.30. The first-order valence-electron chi connectivity index (χ1n) is 8.54. The first kappa shape index (κ1) is 20.4. The number of H-pyrrole nitrogens is 1. The minimum Gasteiger partial charge on any atom is -0.481 e. The van der Waals surface area contributed by atoms with E-state index in [1.165, 1.54) is 5.56 Å². The molecule has 1 aromatic heterocycles. The van der Waals surface area contributed by atoms with Crippen LogP contribution in [-0.2, 0) is 9.59 Å². The number of aliphatic carboxylic acids is 1. The van der Waals surface area contributed by atoms with E-state index in [2.05, 4.69) is 56.0 Å². The summed E-state index contributed by atoms with van der Waals surface area (Å²) in [6.45, 7) is 4.28. The van der Waals surface area contributed by atoms with E-state index in [-0.39, 0.29) is 0 Å². The van der Waals surface area contributed by atoms with Crippen LogP contribution in [0.15, 0.2) is 45.5 Å². The van der Waals surface area contributed by atoms with Gasteiger partial charge in [0.2, 0.25) is 5.91 Å². The van der Waals surface area contributed by atoms with Gasteiger partial charge in [0.15, 0.2) is 5.75 Å². The molecule has 0 unspecified atom stereocenters. The van der Waals surface area contributed by atoms with E-state index in [1.54, 1.807) is 12.1 Å². The van der Waals surface area contributed by atoms with E-state index in [1.807, 2.05) is 24.4 Å². The number of hydrogen-bond donors (Lipinski definition) is 3. The lowest BCUT2D eigenvalue weighted by Crippen LogP contribution is -2.15. The molecule has 8 heteroatoms. The van der Waals surface area contributed by atoms with Crippen LogP contribution in [0.1, 0.15) is 31.7 Å². The fraction of sp³-hybridized carbons (Fsp3) is 0.200. The molecule has 0 atom stereocenters. The molecule has 3 aromatic rings. The van der Waals surface area contributed by atoms with Crippen LogP contribution in [0, 0.1) is 0 Å². The average Bonchev–Trinajstić information content (AvgIpc) is 3.00. The summed E-state index contributed by atoms with van der Waals surface area (Å²) in [6, 6.07) is 9.16. The summed E-state index contributed by atoms with van der Waals surface area (Å²) in [4.78, 5) is 25.5. The Morgan fingerprint density at radius 2 is 1.86 bits per heavy atom. The lowest BCUT2D eigenvalue weighted by Gasteiger charge is -2.13. The summed E-state index contributed by atoms with van der Waals surface area (Å²) >= 11 is 6.89. The maximum atomic E-state index is 11.7. The molecular formula is C20H18Br2N2O4. The number of halogens is 2. The molecule has 1 amide bonds. The Morgan fingerprint density at radius 3 is 2.46 bits per heavy atom. The molecule has 3 N–H and O–H groups in total. The number of nitrogens with one attached hydrogen (secondary N) is 2. The van der Waals surface area contributed by atoms with E-state index in [0.29, 0.717) is 32.0 Å². The Labute approximate surface area is 178 Å². The summed E-state index contributed by atoms with van der Waals surface area (Å²) in [7, 11) is 0. The van der Waals surface area contributed by atoms with Crippen LogP contribution in [-0.4, -0.2) is 22.0 Å². The standard InChI is InChI=1S/C20H18Br2N2O4/c1-10(2)14-9-23-17-4-3-12(7-13(14)17)28-20-15(21)5-11(6-16(20)22)24-18(25)8-19(26)27/h3-7,9-10,23H,8H2,1-2H3,(H,24,25)(H,26,27). The van der Waals surface area contributed by atoms with Crippen LogP contribution in [0.5, 0.6) is 11.5 Å². The highest BCUT2D eigenvalue weighted by atomic mass is 79.9. The Balaban J connectivity index is 1.86. The van der Waals surface area contributed by atoms with Gasteiger partial charge in [0.1, 0.15) is 12.2 Å². The Bertz CT molecular complexity index is 1040. The van der Waals surface area contributed by atoms with Gasteiger partial charge < -0.3 is 20.1 Å². The molecule has 0 radical (unpaired) electrons. The van der Waals surface area contributed by atoms with Gasteiger partial charge in [-0.15, -0.1) is 0 Å². The second-order valence-corrected chi connectivity index (χ2v) is 8.30. The smallest absolute Gasteiger partial charge is 0.312 e. The van der Waals surface area contributed by atoms with Crippen LogP contribution in [0.25, 0.3) is 10.9 Å². The van der Waals surface area contributed by atoms with Crippen molar-refractivity contribution in [2.45, 2.75) is 26.2 Å². The van der Waals surface area contributed by atoms with Crippen molar-refractivity contribution in [3.63, 3.8) is 0 Å². The molecule has 0 aliphatic rings. The number of carbonyl (C=O) groups is 2. The number of carboxylic acids is 1. The van der Waals surface area contributed by atoms with Gasteiger partial charge in [-0.05, 0) is 73.7 Å². The van der Waals surface area contributed by atoms with E-state index in [9.17, 15) is 9.59 Å². The number of amides is 1. The number of benzene rings is 2. The van der Waals surface area contributed by atoms with Crippen molar-refractivity contribution in [2.75, 3.05) is 5.32 Å². The minimum atomic E-state index is -1.18. The van der Waals surface area contributed by atoms with Crippen molar-refractivity contribution in [3.8, 4) is 11.5 Å². The third-order valence-electron chi connectivity index (χ3n) is 4.12. The summed E-state index contributed by atoms with van der Waals surface area (Å²) in [6.07, 6.45) is 1.42. The van der Waals surface area contributed by atoms with Gasteiger partial charge in [-0.25, -0.2) is 0 Å². The van der Waals surface area contributed by atoms with E-state index < -0.39 is 18.3 Å². The molecule has 0 spiro atoms. The number of fused-ring (bicyclic) bond motifs is 1. The number of hydrogen-bond acceptors (Lipinski definition) is 3. The van der Waals surface area contributed by atoms with Crippen LogP contribution >= 0.6 is 31.9 Å². The molecular weight excluding hydrogens is 492 g/mol. The van der Waals surface area contributed by atoms with Gasteiger partial charge in [-0.3, -0.25) is 9.59 Å². The van der Waals surface area contributed by atoms with Gasteiger partial charge in [0, 0.05) is 22.8 Å². The highest BCUT2D eigenvalue weighted by molar-refractivity contribution is 9.11. The third kappa shape index (κ3) is 4.56. The predicted octanol–water partition coefficient (Wildman–Crippen LogP) is 6.02. The first-order chi connectivity index (χ1) is 13.2. The SMILES string of the molecule is CC(C)c1c[nH]c2ccc(Oc3c(Br)cc(NC(=O)CC(=O)O)cc3Br)cc12. The van der Waals surface area contributed by atoms with Crippen LogP contribution in [0.3, 0.4) is 0 Å². The summed E-state index contributed by atoms with van der Waals surface area (Å²) in [5.74, 6) is -0.165. The Hall–Kier alpha value is -2.32. The number of rotatable bonds is 6. The van der Waals surface area contributed by atoms with Crippen LogP contribution < -0.4 is 10.1 Å².